The van der Waals surface area contributed by atoms with E-state index in [0.717, 1.165) is 30.6 Å². The summed E-state index contributed by atoms with van der Waals surface area (Å²) >= 11 is 0. The molecular formula is C23H26N2O3. The van der Waals surface area contributed by atoms with Gasteiger partial charge in [0.2, 0.25) is 0 Å². The van der Waals surface area contributed by atoms with Gasteiger partial charge < -0.3 is 4.90 Å². The van der Waals surface area contributed by atoms with Crippen molar-refractivity contribution >= 4 is 23.4 Å². The summed E-state index contributed by atoms with van der Waals surface area (Å²) in [5.74, 6) is -0.751. The van der Waals surface area contributed by atoms with Gasteiger partial charge in [0, 0.05) is 18.7 Å². The Hall–Kier alpha value is -2.95. The number of carbonyl (C=O) groups excluding carboxylic acids is 3. The Bertz CT molecular complexity index is 848. The zero-order chi connectivity index (χ0) is 20.1. The second-order valence-electron chi connectivity index (χ2n) is 7.04. The molecule has 0 saturated carbocycles. The number of fused-ring (bicyclic) bond motifs is 1. The van der Waals surface area contributed by atoms with Crippen LogP contribution in [0.4, 0.5) is 5.69 Å². The van der Waals surface area contributed by atoms with Crippen LogP contribution in [0, 0.1) is 0 Å². The molecule has 5 heteroatoms. The summed E-state index contributed by atoms with van der Waals surface area (Å²) in [4.78, 5) is 41.5. The first-order valence-electron chi connectivity index (χ1n) is 9.95. The van der Waals surface area contributed by atoms with Crippen molar-refractivity contribution in [2.45, 2.75) is 39.5 Å². The molecule has 3 amide bonds. The number of rotatable bonds is 8. The van der Waals surface area contributed by atoms with Crippen LogP contribution in [-0.2, 0) is 0 Å². The smallest absolute Gasteiger partial charge is 0.266 e. The van der Waals surface area contributed by atoms with Crippen LogP contribution in [0.15, 0.2) is 48.5 Å². The largest absolute Gasteiger partial charge is 0.339 e. The fourth-order valence-corrected chi connectivity index (χ4v) is 3.40. The van der Waals surface area contributed by atoms with Gasteiger partial charge in [-0.3, -0.25) is 14.4 Å². The van der Waals surface area contributed by atoms with Gasteiger partial charge in [0.05, 0.1) is 16.8 Å². The predicted octanol–water partition coefficient (Wildman–Crippen LogP) is 4.53. The third kappa shape index (κ3) is 3.84. The summed E-state index contributed by atoms with van der Waals surface area (Å²) in [6, 6.07) is 13.6. The molecule has 5 nitrogen and oxygen atoms in total. The van der Waals surface area contributed by atoms with Gasteiger partial charge in [-0.15, -0.1) is 0 Å². The first-order chi connectivity index (χ1) is 13.6. The minimum Gasteiger partial charge on any atom is -0.339 e. The number of unbranched alkanes of at least 4 members (excludes halogenated alkanes) is 2. The van der Waals surface area contributed by atoms with E-state index in [1.54, 1.807) is 48.5 Å². The molecule has 28 heavy (non-hydrogen) atoms. The van der Waals surface area contributed by atoms with Gasteiger partial charge in [-0.1, -0.05) is 44.9 Å². The molecule has 0 saturated heterocycles. The van der Waals surface area contributed by atoms with Gasteiger partial charge in [0.15, 0.2) is 0 Å². The van der Waals surface area contributed by atoms with Crippen molar-refractivity contribution in [1.82, 2.24) is 4.90 Å². The maximum atomic E-state index is 13.0. The first kappa shape index (κ1) is 19.8. The summed E-state index contributed by atoms with van der Waals surface area (Å²) in [6.45, 7) is 5.63. The Morgan fingerprint density at radius 2 is 1.43 bits per heavy atom. The van der Waals surface area contributed by atoms with Crippen LogP contribution in [0.5, 0.6) is 0 Å². The van der Waals surface area contributed by atoms with Crippen LogP contribution in [0.2, 0.25) is 0 Å². The van der Waals surface area contributed by atoms with E-state index in [1.807, 2.05) is 4.90 Å². The van der Waals surface area contributed by atoms with Crippen molar-refractivity contribution in [1.29, 1.82) is 0 Å². The van der Waals surface area contributed by atoms with E-state index in [-0.39, 0.29) is 17.7 Å². The standard InChI is InChI=1S/C23H26N2O3/c1-3-5-14-24(15-6-4-2)21(26)17-10-9-11-18(16-17)25-22(27)19-12-7-8-13-20(19)23(25)28/h7-13,16H,3-6,14-15H2,1-2H3. The maximum absolute atomic E-state index is 13.0. The molecule has 2 aromatic rings. The molecule has 0 bridgehead atoms. The summed E-state index contributed by atoms with van der Waals surface area (Å²) < 4.78 is 0. The van der Waals surface area contributed by atoms with Crippen LogP contribution in [-0.4, -0.2) is 35.7 Å². The number of carbonyl (C=O) groups is 3. The zero-order valence-corrected chi connectivity index (χ0v) is 16.5. The highest BCUT2D eigenvalue weighted by molar-refractivity contribution is 6.34. The van der Waals surface area contributed by atoms with Crippen LogP contribution in [0.3, 0.4) is 0 Å². The molecule has 146 valence electrons. The van der Waals surface area contributed by atoms with E-state index in [2.05, 4.69) is 13.8 Å². The van der Waals surface area contributed by atoms with E-state index in [1.165, 1.54) is 0 Å². The maximum Gasteiger partial charge on any atom is 0.266 e. The highest BCUT2D eigenvalue weighted by Crippen LogP contribution is 2.29. The molecule has 1 aliphatic heterocycles. The number of imide groups is 1. The molecule has 0 aromatic heterocycles. The Kier molecular flexibility index (Phi) is 6.24. The van der Waals surface area contributed by atoms with E-state index < -0.39 is 0 Å². The lowest BCUT2D eigenvalue weighted by atomic mass is 10.1. The molecule has 1 heterocycles. The molecule has 3 rings (SSSR count). The third-order valence-corrected chi connectivity index (χ3v) is 5.00. The van der Waals surface area contributed by atoms with Gasteiger partial charge in [0.25, 0.3) is 17.7 Å². The topological polar surface area (TPSA) is 57.7 Å². The second kappa shape index (κ2) is 8.83. The number of anilines is 1. The number of hydrogen-bond donors (Lipinski definition) is 0. The molecule has 0 atom stereocenters. The summed E-state index contributed by atoms with van der Waals surface area (Å²) in [6.07, 6.45) is 3.94. The van der Waals surface area contributed by atoms with Gasteiger partial charge in [-0.05, 0) is 43.2 Å². The Morgan fingerprint density at radius 3 is 1.96 bits per heavy atom. The number of nitrogens with zero attached hydrogens (tertiary/aromatic N) is 2. The highest BCUT2D eigenvalue weighted by atomic mass is 16.2. The van der Waals surface area contributed by atoms with E-state index in [4.69, 9.17) is 0 Å². The zero-order valence-electron chi connectivity index (χ0n) is 16.5. The lowest BCUT2D eigenvalue weighted by Crippen LogP contribution is -2.33. The van der Waals surface area contributed by atoms with E-state index in [9.17, 15) is 14.4 Å². The van der Waals surface area contributed by atoms with Crippen LogP contribution >= 0.6 is 0 Å². The number of amides is 3. The molecule has 1 aliphatic rings. The number of benzene rings is 2. The van der Waals surface area contributed by atoms with Crippen LogP contribution in [0.25, 0.3) is 0 Å². The Labute approximate surface area is 166 Å². The average molecular weight is 378 g/mol. The van der Waals surface area contributed by atoms with Crippen molar-refractivity contribution in [2.24, 2.45) is 0 Å². The molecule has 0 unspecified atom stereocenters. The van der Waals surface area contributed by atoms with Crippen molar-refractivity contribution in [2.75, 3.05) is 18.0 Å². The molecular weight excluding hydrogens is 352 g/mol. The van der Waals surface area contributed by atoms with Crippen molar-refractivity contribution in [3.05, 3.63) is 65.2 Å². The monoisotopic (exact) mass is 378 g/mol. The minimum atomic E-state index is -0.348. The minimum absolute atomic E-state index is 0.0552. The second-order valence-corrected chi connectivity index (χ2v) is 7.04. The van der Waals surface area contributed by atoms with Crippen LogP contribution in [0.1, 0.15) is 70.6 Å². The van der Waals surface area contributed by atoms with Crippen molar-refractivity contribution in [3.8, 4) is 0 Å². The van der Waals surface area contributed by atoms with Gasteiger partial charge >= 0.3 is 0 Å². The lowest BCUT2D eigenvalue weighted by Gasteiger charge is -2.23. The summed E-state index contributed by atoms with van der Waals surface area (Å²) in [5, 5.41) is 0. The highest BCUT2D eigenvalue weighted by Gasteiger charge is 2.36. The van der Waals surface area contributed by atoms with Gasteiger partial charge in [-0.2, -0.15) is 0 Å². The van der Waals surface area contributed by atoms with Crippen molar-refractivity contribution in [3.63, 3.8) is 0 Å². The quantitative estimate of drug-likeness (QED) is 0.634. The van der Waals surface area contributed by atoms with E-state index in [0.29, 0.717) is 35.5 Å². The fourth-order valence-electron chi connectivity index (χ4n) is 3.40. The normalized spacial score (nSPS) is 13.0. The van der Waals surface area contributed by atoms with Crippen LogP contribution < -0.4 is 4.90 Å². The first-order valence-corrected chi connectivity index (χ1v) is 9.95. The molecule has 2 aromatic carbocycles. The van der Waals surface area contributed by atoms with Gasteiger partial charge in [-0.25, -0.2) is 4.90 Å². The molecule has 0 N–H and O–H groups in total. The predicted molar refractivity (Wildman–Crippen MR) is 110 cm³/mol. The van der Waals surface area contributed by atoms with Crippen molar-refractivity contribution < 1.29 is 14.4 Å². The molecule has 0 aliphatic carbocycles. The average Bonchev–Trinajstić information content (AvgIpc) is 2.98. The third-order valence-electron chi connectivity index (χ3n) is 5.00. The molecule has 0 fully saturated rings. The lowest BCUT2D eigenvalue weighted by molar-refractivity contribution is 0.0750. The Balaban J connectivity index is 1.87. The SMILES string of the molecule is CCCCN(CCCC)C(=O)c1cccc(N2C(=O)c3ccccc3C2=O)c1. The van der Waals surface area contributed by atoms with E-state index >= 15 is 0 Å². The summed E-state index contributed by atoms with van der Waals surface area (Å²) in [7, 11) is 0. The Morgan fingerprint density at radius 1 is 0.857 bits per heavy atom. The van der Waals surface area contributed by atoms with Gasteiger partial charge in [0.1, 0.15) is 0 Å². The fraction of sp³-hybridized carbons (Fsp3) is 0.348. The summed E-state index contributed by atoms with van der Waals surface area (Å²) in [5.41, 5.74) is 1.73. The molecule has 0 radical (unpaired) electrons. The number of hydrogen-bond acceptors (Lipinski definition) is 3. The molecule has 0 spiro atoms.